The number of aliphatic hydroxyl groups is 1. The molecule has 3 N–H and O–H groups in total. The second-order valence-electron chi connectivity index (χ2n) is 11.4. The molecule has 43 heavy (non-hydrogen) atoms. The standard InChI is InChI=1S/C35H44ClN3O4/c1-5-25-10-6-11-27(21-25)32-30(13-7-14-31(32)36)35(42,17-9-18-38-34(41)43-4)28-12-8-19-39(23-28)33(40)29-16-15-26(22-37-3)20-24(29)2/h6-7,10-11,13-16,20-21,28,37,42H,5,8-9,12,17-19,22-23H2,1-4H3,(H,38,41)/t28-,35?/m1/s1. The van der Waals surface area contributed by atoms with Gasteiger partial charge in [0.2, 0.25) is 0 Å². The molecule has 0 spiro atoms. The molecule has 1 fully saturated rings. The van der Waals surface area contributed by atoms with Crippen LogP contribution in [0, 0.1) is 12.8 Å². The lowest BCUT2D eigenvalue weighted by Gasteiger charge is -2.44. The molecule has 4 rings (SSSR count). The molecule has 230 valence electrons. The van der Waals surface area contributed by atoms with Gasteiger partial charge in [0.15, 0.2) is 0 Å². The van der Waals surface area contributed by atoms with E-state index in [1.165, 1.54) is 12.7 Å². The van der Waals surface area contributed by atoms with Crippen molar-refractivity contribution in [3.8, 4) is 11.1 Å². The van der Waals surface area contributed by atoms with E-state index in [0.29, 0.717) is 43.1 Å². The molecule has 3 aromatic carbocycles. The quantitative estimate of drug-likeness (QED) is 0.218. The summed E-state index contributed by atoms with van der Waals surface area (Å²) in [6, 6.07) is 19.9. The van der Waals surface area contributed by atoms with Gasteiger partial charge in [-0.2, -0.15) is 0 Å². The van der Waals surface area contributed by atoms with Gasteiger partial charge in [0.05, 0.1) is 12.7 Å². The highest BCUT2D eigenvalue weighted by atomic mass is 35.5. The smallest absolute Gasteiger partial charge is 0.406 e. The molecule has 7 nitrogen and oxygen atoms in total. The van der Waals surface area contributed by atoms with Crippen molar-refractivity contribution < 1.29 is 19.4 Å². The number of alkyl carbamates (subject to hydrolysis) is 1. The molecule has 1 aliphatic rings. The van der Waals surface area contributed by atoms with Gasteiger partial charge >= 0.3 is 6.09 Å². The lowest BCUT2D eigenvalue weighted by Crippen LogP contribution is -2.48. The monoisotopic (exact) mass is 605 g/mol. The molecule has 0 radical (unpaired) electrons. The number of methoxy groups -OCH3 is 1. The summed E-state index contributed by atoms with van der Waals surface area (Å²) in [6.45, 7) is 6.22. The van der Waals surface area contributed by atoms with E-state index in [1.54, 1.807) is 0 Å². The van der Waals surface area contributed by atoms with Gasteiger partial charge in [-0.3, -0.25) is 4.79 Å². The van der Waals surface area contributed by atoms with Gasteiger partial charge < -0.3 is 25.4 Å². The van der Waals surface area contributed by atoms with Crippen molar-refractivity contribution in [2.24, 2.45) is 5.92 Å². The lowest BCUT2D eigenvalue weighted by atomic mass is 9.72. The van der Waals surface area contributed by atoms with Crippen molar-refractivity contribution in [3.05, 3.63) is 93.5 Å². The van der Waals surface area contributed by atoms with Crippen LogP contribution in [0.1, 0.15) is 65.2 Å². The average molecular weight is 606 g/mol. The molecule has 1 unspecified atom stereocenters. The summed E-state index contributed by atoms with van der Waals surface area (Å²) in [6.07, 6.45) is 2.80. The number of ether oxygens (including phenoxy) is 1. The third-order valence-electron chi connectivity index (χ3n) is 8.58. The van der Waals surface area contributed by atoms with Gasteiger partial charge in [-0.05, 0) is 86.0 Å². The average Bonchev–Trinajstić information content (AvgIpc) is 3.02. The number of carbonyl (C=O) groups is 2. The summed E-state index contributed by atoms with van der Waals surface area (Å²) in [4.78, 5) is 27.4. The number of piperidine rings is 1. The number of hydrogen-bond acceptors (Lipinski definition) is 5. The summed E-state index contributed by atoms with van der Waals surface area (Å²) in [5.41, 5.74) is 5.14. The Morgan fingerprint density at radius 2 is 1.91 bits per heavy atom. The lowest BCUT2D eigenvalue weighted by molar-refractivity contribution is -0.0563. The minimum Gasteiger partial charge on any atom is -0.453 e. The normalized spacial score (nSPS) is 16.4. The fraction of sp³-hybridized carbons (Fsp3) is 0.429. The Hall–Kier alpha value is -3.39. The van der Waals surface area contributed by atoms with Gasteiger partial charge in [0.25, 0.3) is 5.91 Å². The maximum atomic E-state index is 13.8. The fourth-order valence-corrected chi connectivity index (χ4v) is 6.59. The number of hydrogen-bond donors (Lipinski definition) is 3. The SMILES string of the molecule is CCc1cccc(-c2c(Cl)cccc2C(O)(CCCNC(=O)OC)[C@@H]2CCCN(C(=O)c3ccc(CNC)cc3C)C2)c1. The van der Waals surface area contributed by atoms with Gasteiger partial charge in [-0.15, -0.1) is 0 Å². The summed E-state index contributed by atoms with van der Waals surface area (Å²) < 4.78 is 4.73. The number of rotatable bonds is 11. The maximum Gasteiger partial charge on any atom is 0.406 e. The predicted octanol–water partition coefficient (Wildman–Crippen LogP) is 6.47. The molecule has 1 saturated heterocycles. The molecular formula is C35H44ClN3O4. The number of halogens is 1. The first-order chi connectivity index (χ1) is 20.7. The van der Waals surface area contributed by atoms with Crippen LogP contribution in [0.5, 0.6) is 0 Å². The zero-order valence-corrected chi connectivity index (χ0v) is 26.5. The molecular weight excluding hydrogens is 562 g/mol. The van der Waals surface area contributed by atoms with Crippen molar-refractivity contribution in [3.63, 3.8) is 0 Å². The number of likely N-dealkylation sites (tertiary alicyclic amines) is 1. The van der Waals surface area contributed by atoms with Crippen LogP contribution in [0.4, 0.5) is 4.79 Å². The van der Waals surface area contributed by atoms with Crippen molar-refractivity contribution >= 4 is 23.6 Å². The van der Waals surface area contributed by atoms with E-state index in [2.05, 4.69) is 35.8 Å². The van der Waals surface area contributed by atoms with E-state index < -0.39 is 11.7 Å². The van der Waals surface area contributed by atoms with Gasteiger partial charge in [0.1, 0.15) is 0 Å². The molecule has 1 heterocycles. The molecule has 3 aromatic rings. The fourth-order valence-electron chi connectivity index (χ4n) is 6.31. The Labute approximate surface area is 260 Å². The first-order valence-corrected chi connectivity index (χ1v) is 15.6. The first-order valence-electron chi connectivity index (χ1n) is 15.2. The van der Waals surface area contributed by atoms with Crippen LogP contribution in [0.2, 0.25) is 5.02 Å². The second kappa shape index (κ2) is 14.9. The second-order valence-corrected chi connectivity index (χ2v) is 11.8. The maximum absolute atomic E-state index is 13.8. The Bertz CT molecular complexity index is 1430. The van der Waals surface area contributed by atoms with Crippen molar-refractivity contribution in [1.29, 1.82) is 0 Å². The van der Waals surface area contributed by atoms with E-state index in [0.717, 1.165) is 53.6 Å². The highest BCUT2D eigenvalue weighted by Gasteiger charge is 2.43. The number of nitrogens with one attached hydrogen (secondary N) is 2. The van der Waals surface area contributed by atoms with Gasteiger partial charge in [0, 0.05) is 48.2 Å². The molecule has 0 saturated carbocycles. The molecule has 1 aliphatic heterocycles. The van der Waals surface area contributed by atoms with Crippen LogP contribution in [0.3, 0.4) is 0 Å². The number of benzene rings is 3. The molecule has 2 amide bonds. The minimum atomic E-state index is -1.30. The van der Waals surface area contributed by atoms with Crippen LogP contribution in [-0.4, -0.2) is 55.8 Å². The number of nitrogens with zero attached hydrogens (tertiary/aromatic N) is 1. The third kappa shape index (κ3) is 7.58. The van der Waals surface area contributed by atoms with Gasteiger partial charge in [-0.1, -0.05) is 67.1 Å². The van der Waals surface area contributed by atoms with E-state index in [9.17, 15) is 14.7 Å². The van der Waals surface area contributed by atoms with E-state index in [-0.39, 0.29) is 11.8 Å². The Morgan fingerprint density at radius 1 is 1.12 bits per heavy atom. The molecule has 8 heteroatoms. The molecule has 0 aliphatic carbocycles. The Morgan fingerprint density at radius 3 is 2.63 bits per heavy atom. The number of amides is 2. The summed E-state index contributed by atoms with van der Waals surface area (Å²) in [5, 5.41) is 19.3. The zero-order valence-electron chi connectivity index (χ0n) is 25.7. The Balaban J connectivity index is 1.70. The topological polar surface area (TPSA) is 90.9 Å². The zero-order chi connectivity index (χ0) is 31.0. The number of carbonyl (C=O) groups excluding carboxylic acids is 2. The molecule has 0 aromatic heterocycles. The van der Waals surface area contributed by atoms with Crippen LogP contribution in [-0.2, 0) is 23.3 Å². The number of aryl methyl sites for hydroxylation is 2. The third-order valence-corrected chi connectivity index (χ3v) is 8.89. The van der Waals surface area contributed by atoms with E-state index >= 15 is 0 Å². The van der Waals surface area contributed by atoms with Crippen LogP contribution in [0.15, 0.2) is 60.7 Å². The first kappa shape index (κ1) is 32.5. The largest absolute Gasteiger partial charge is 0.453 e. The van der Waals surface area contributed by atoms with E-state index in [1.807, 2.05) is 61.3 Å². The van der Waals surface area contributed by atoms with Crippen LogP contribution >= 0.6 is 11.6 Å². The summed E-state index contributed by atoms with van der Waals surface area (Å²) in [5.74, 6) is -0.256. The predicted molar refractivity (Wildman–Crippen MR) is 172 cm³/mol. The van der Waals surface area contributed by atoms with Crippen LogP contribution < -0.4 is 10.6 Å². The van der Waals surface area contributed by atoms with Gasteiger partial charge in [-0.25, -0.2) is 4.79 Å². The van der Waals surface area contributed by atoms with Crippen molar-refractivity contribution in [1.82, 2.24) is 15.5 Å². The molecule has 2 atom stereocenters. The summed E-state index contributed by atoms with van der Waals surface area (Å²) in [7, 11) is 3.23. The molecule has 0 bridgehead atoms. The van der Waals surface area contributed by atoms with Crippen molar-refractivity contribution in [2.75, 3.05) is 33.8 Å². The Kier molecular flexibility index (Phi) is 11.2. The highest BCUT2D eigenvalue weighted by molar-refractivity contribution is 6.33. The van der Waals surface area contributed by atoms with E-state index in [4.69, 9.17) is 16.3 Å². The van der Waals surface area contributed by atoms with Crippen LogP contribution in [0.25, 0.3) is 11.1 Å². The minimum absolute atomic E-state index is 0.0186. The highest BCUT2D eigenvalue weighted by Crippen LogP contribution is 2.45. The van der Waals surface area contributed by atoms with Crippen molar-refractivity contribution in [2.45, 2.75) is 58.1 Å². The summed E-state index contributed by atoms with van der Waals surface area (Å²) >= 11 is 6.88.